The SMILES string of the molecule is COc1ccc(OC(=O)C2CCC(CNC(=N)N)CC2)cc1. The van der Waals surface area contributed by atoms with Crippen molar-refractivity contribution in [3.05, 3.63) is 24.3 Å². The quantitative estimate of drug-likeness (QED) is 0.334. The Bertz CT molecular complexity index is 508. The summed E-state index contributed by atoms with van der Waals surface area (Å²) in [6, 6.07) is 7.01. The molecule has 0 heterocycles. The Morgan fingerprint density at radius 3 is 2.36 bits per heavy atom. The van der Waals surface area contributed by atoms with Crippen LogP contribution in [0, 0.1) is 17.2 Å². The Morgan fingerprint density at radius 2 is 1.82 bits per heavy atom. The fourth-order valence-corrected chi connectivity index (χ4v) is 2.70. The van der Waals surface area contributed by atoms with E-state index in [9.17, 15) is 4.79 Å². The van der Waals surface area contributed by atoms with Gasteiger partial charge in [-0.2, -0.15) is 0 Å². The summed E-state index contributed by atoms with van der Waals surface area (Å²) in [5.41, 5.74) is 5.28. The fraction of sp³-hybridized carbons (Fsp3) is 0.500. The first-order chi connectivity index (χ1) is 10.6. The van der Waals surface area contributed by atoms with Crippen molar-refractivity contribution in [2.75, 3.05) is 13.7 Å². The van der Waals surface area contributed by atoms with Gasteiger partial charge in [-0.15, -0.1) is 0 Å². The molecule has 0 aromatic heterocycles. The zero-order valence-corrected chi connectivity index (χ0v) is 12.8. The lowest BCUT2D eigenvalue weighted by atomic mass is 9.82. The molecule has 1 fully saturated rings. The van der Waals surface area contributed by atoms with Gasteiger partial charge in [-0.1, -0.05) is 0 Å². The zero-order chi connectivity index (χ0) is 15.9. The molecule has 1 aliphatic rings. The van der Waals surface area contributed by atoms with E-state index in [1.54, 1.807) is 31.4 Å². The number of carbonyl (C=O) groups excluding carboxylic acids is 1. The predicted octanol–water partition coefficient (Wildman–Crippen LogP) is 1.89. The molecule has 6 nitrogen and oxygen atoms in total. The first kappa shape index (κ1) is 16.1. The molecule has 22 heavy (non-hydrogen) atoms. The summed E-state index contributed by atoms with van der Waals surface area (Å²) in [6.07, 6.45) is 3.53. The van der Waals surface area contributed by atoms with Crippen molar-refractivity contribution in [2.45, 2.75) is 25.7 Å². The number of methoxy groups -OCH3 is 1. The van der Waals surface area contributed by atoms with Crippen LogP contribution in [-0.2, 0) is 4.79 Å². The normalized spacial score (nSPS) is 21.0. The van der Waals surface area contributed by atoms with Gasteiger partial charge in [-0.25, -0.2) is 0 Å². The number of hydrogen-bond acceptors (Lipinski definition) is 4. The summed E-state index contributed by atoms with van der Waals surface area (Å²) in [7, 11) is 1.60. The molecule has 6 heteroatoms. The summed E-state index contributed by atoms with van der Waals surface area (Å²) in [5.74, 6) is 1.54. The largest absolute Gasteiger partial charge is 0.497 e. The van der Waals surface area contributed by atoms with Gasteiger partial charge >= 0.3 is 5.97 Å². The van der Waals surface area contributed by atoms with Crippen LogP contribution in [0.4, 0.5) is 0 Å². The number of esters is 1. The van der Waals surface area contributed by atoms with Crippen LogP contribution >= 0.6 is 0 Å². The number of guanidine groups is 1. The Kier molecular flexibility index (Phi) is 5.63. The van der Waals surface area contributed by atoms with E-state index in [-0.39, 0.29) is 17.8 Å². The number of carbonyl (C=O) groups is 1. The lowest BCUT2D eigenvalue weighted by Gasteiger charge is -2.27. The summed E-state index contributed by atoms with van der Waals surface area (Å²) < 4.78 is 10.5. The van der Waals surface area contributed by atoms with Crippen LogP contribution in [0.3, 0.4) is 0 Å². The van der Waals surface area contributed by atoms with Gasteiger partial charge in [0, 0.05) is 6.54 Å². The molecule has 120 valence electrons. The second-order valence-corrected chi connectivity index (χ2v) is 5.61. The van der Waals surface area contributed by atoms with Crippen molar-refractivity contribution in [2.24, 2.45) is 17.6 Å². The van der Waals surface area contributed by atoms with Crippen LogP contribution in [0.15, 0.2) is 24.3 Å². The first-order valence-corrected chi connectivity index (χ1v) is 7.52. The molecule has 1 saturated carbocycles. The standard InChI is InChI=1S/C16H23N3O3/c1-21-13-6-8-14(9-7-13)22-15(20)12-4-2-11(3-5-12)10-19-16(17)18/h6-9,11-12H,2-5,10H2,1H3,(H4,17,18,19). The maximum absolute atomic E-state index is 12.2. The van der Waals surface area contributed by atoms with Crippen LogP contribution in [0.5, 0.6) is 11.5 Å². The highest BCUT2D eigenvalue weighted by atomic mass is 16.5. The van der Waals surface area contributed by atoms with Crippen molar-refractivity contribution in [3.63, 3.8) is 0 Å². The highest BCUT2D eigenvalue weighted by Crippen LogP contribution is 2.30. The minimum atomic E-state index is -0.164. The highest BCUT2D eigenvalue weighted by molar-refractivity contribution is 5.75. The Balaban J connectivity index is 1.78. The van der Waals surface area contributed by atoms with Gasteiger partial charge in [0.1, 0.15) is 11.5 Å². The van der Waals surface area contributed by atoms with E-state index >= 15 is 0 Å². The number of ether oxygens (including phenoxy) is 2. The zero-order valence-electron chi connectivity index (χ0n) is 12.8. The molecule has 0 amide bonds. The van der Waals surface area contributed by atoms with E-state index in [1.807, 2.05) is 0 Å². The van der Waals surface area contributed by atoms with Gasteiger partial charge < -0.3 is 20.5 Å². The molecule has 1 aromatic carbocycles. The molecule has 0 radical (unpaired) electrons. The van der Waals surface area contributed by atoms with E-state index in [0.717, 1.165) is 31.4 Å². The molecule has 0 aliphatic heterocycles. The first-order valence-electron chi connectivity index (χ1n) is 7.52. The molecular weight excluding hydrogens is 282 g/mol. The van der Waals surface area contributed by atoms with Crippen LogP contribution < -0.4 is 20.5 Å². The minimum absolute atomic E-state index is 0.000962. The number of benzene rings is 1. The Morgan fingerprint density at radius 1 is 1.23 bits per heavy atom. The molecule has 1 aliphatic carbocycles. The van der Waals surface area contributed by atoms with Gasteiger partial charge in [-0.3, -0.25) is 10.2 Å². The average Bonchev–Trinajstić information content (AvgIpc) is 2.54. The number of nitrogens with one attached hydrogen (secondary N) is 2. The Hall–Kier alpha value is -2.24. The van der Waals surface area contributed by atoms with Crippen molar-refractivity contribution in [3.8, 4) is 11.5 Å². The van der Waals surface area contributed by atoms with Crippen LogP contribution in [-0.4, -0.2) is 25.6 Å². The third kappa shape index (κ3) is 4.65. The maximum atomic E-state index is 12.2. The number of nitrogens with two attached hydrogens (primary N) is 1. The van der Waals surface area contributed by atoms with Gasteiger partial charge in [0.05, 0.1) is 13.0 Å². The van der Waals surface area contributed by atoms with E-state index in [1.165, 1.54) is 0 Å². The fourth-order valence-electron chi connectivity index (χ4n) is 2.70. The molecule has 0 bridgehead atoms. The number of rotatable bonds is 5. The lowest BCUT2D eigenvalue weighted by Crippen LogP contribution is -2.36. The van der Waals surface area contributed by atoms with E-state index in [2.05, 4.69) is 5.32 Å². The highest BCUT2D eigenvalue weighted by Gasteiger charge is 2.27. The van der Waals surface area contributed by atoms with Crippen LogP contribution in [0.25, 0.3) is 0 Å². The van der Waals surface area contributed by atoms with Crippen LogP contribution in [0.2, 0.25) is 0 Å². The molecule has 1 aromatic rings. The van der Waals surface area contributed by atoms with Gasteiger partial charge in [-0.05, 0) is 55.9 Å². The average molecular weight is 305 g/mol. The molecule has 4 N–H and O–H groups in total. The molecule has 0 unspecified atom stereocenters. The number of hydrogen-bond donors (Lipinski definition) is 3. The second kappa shape index (κ2) is 7.68. The third-order valence-electron chi connectivity index (χ3n) is 4.04. The summed E-state index contributed by atoms with van der Waals surface area (Å²) in [4.78, 5) is 12.2. The lowest BCUT2D eigenvalue weighted by molar-refractivity contribution is -0.140. The van der Waals surface area contributed by atoms with Crippen molar-refractivity contribution in [1.82, 2.24) is 5.32 Å². The monoisotopic (exact) mass is 305 g/mol. The molecule has 0 saturated heterocycles. The molecular formula is C16H23N3O3. The van der Waals surface area contributed by atoms with Gasteiger partial charge in [0.2, 0.25) is 0 Å². The van der Waals surface area contributed by atoms with E-state index in [4.69, 9.17) is 20.6 Å². The van der Waals surface area contributed by atoms with E-state index in [0.29, 0.717) is 18.2 Å². The van der Waals surface area contributed by atoms with Crippen molar-refractivity contribution < 1.29 is 14.3 Å². The molecule has 0 atom stereocenters. The van der Waals surface area contributed by atoms with E-state index < -0.39 is 0 Å². The third-order valence-corrected chi connectivity index (χ3v) is 4.04. The maximum Gasteiger partial charge on any atom is 0.314 e. The topological polar surface area (TPSA) is 97.4 Å². The smallest absolute Gasteiger partial charge is 0.314 e. The Labute approximate surface area is 130 Å². The summed E-state index contributed by atoms with van der Waals surface area (Å²) in [6.45, 7) is 0.704. The van der Waals surface area contributed by atoms with Crippen molar-refractivity contribution >= 4 is 11.9 Å². The minimum Gasteiger partial charge on any atom is -0.497 e. The van der Waals surface area contributed by atoms with Gasteiger partial charge in [0.15, 0.2) is 5.96 Å². The van der Waals surface area contributed by atoms with Gasteiger partial charge in [0.25, 0.3) is 0 Å². The van der Waals surface area contributed by atoms with Crippen molar-refractivity contribution in [1.29, 1.82) is 5.41 Å². The summed E-state index contributed by atoms with van der Waals surface area (Å²) >= 11 is 0. The summed E-state index contributed by atoms with van der Waals surface area (Å²) in [5, 5.41) is 10.0. The van der Waals surface area contributed by atoms with Crippen LogP contribution in [0.1, 0.15) is 25.7 Å². The molecule has 2 rings (SSSR count). The second-order valence-electron chi connectivity index (χ2n) is 5.61. The molecule has 0 spiro atoms. The predicted molar refractivity (Wildman–Crippen MR) is 84.0 cm³/mol.